The highest BCUT2D eigenvalue weighted by atomic mass is 79.9. The van der Waals surface area contributed by atoms with E-state index in [-0.39, 0.29) is 0 Å². The Morgan fingerprint density at radius 3 is 1.88 bits per heavy atom. The lowest BCUT2D eigenvalue weighted by molar-refractivity contribution is 0.641. The average molecular weight is 389 g/mol. The summed E-state index contributed by atoms with van der Waals surface area (Å²) in [7, 11) is 0. The van der Waals surface area contributed by atoms with Gasteiger partial charge in [-0.2, -0.15) is 0 Å². The Balaban J connectivity index is 2.57. The SMILES string of the molecule is CCCC1=C(CCC)C(CCC)C(c2ccc(Br)cc2)=C1CCC. The molecular formula is C23H33Br. The monoisotopic (exact) mass is 388 g/mol. The van der Waals surface area contributed by atoms with Gasteiger partial charge >= 0.3 is 0 Å². The number of rotatable bonds is 9. The van der Waals surface area contributed by atoms with Crippen molar-refractivity contribution in [2.45, 2.75) is 79.1 Å². The van der Waals surface area contributed by atoms with Gasteiger partial charge in [0, 0.05) is 10.4 Å². The lowest BCUT2D eigenvalue weighted by Crippen LogP contribution is -2.05. The van der Waals surface area contributed by atoms with E-state index in [1.54, 1.807) is 22.3 Å². The van der Waals surface area contributed by atoms with Crippen LogP contribution in [0.2, 0.25) is 0 Å². The van der Waals surface area contributed by atoms with Crippen molar-refractivity contribution >= 4 is 21.5 Å². The molecule has 0 bridgehead atoms. The maximum atomic E-state index is 3.59. The second-order valence-corrected chi connectivity index (χ2v) is 7.91. The minimum Gasteiger partial charge on any atom is -0.0653 e. The van der Waals surface area contributed by atoms with Crippen molar-refractivity contribution in [2.75, 3.05) is 0 Å². The largest absolute Gasteiger partial charge is 0.0653 e. The predicted molar refractivity (Wildman–Crippen MR) is 111 cm³/mol. The van der Waals surface area contributed by atoms with E-state index < -0.39 is 0 Å². The van der Waals surface area contributed by atoms with Gasteiger partial charge < -0.3 is 0 Å². The van der Waals surface area contributed by atoms with E-state index in [1.165, 1.54) is 61.4 Å². The highest BCUT2D eigenvalue weighted by molar-refractivity contribution is 9.10. The van der Waals surface area contributed by atoms with Crippen molar-refractivity contribution in [1.82, 2.24) is 0 Å². The molecule has 0 nitrogen and oxygen atoms in total. The zero-order chi connectivity index (χ0) is 17.5. The first-order valence-corrected chi connectivity index (χ1v) is 10.7. The summed E-state index contributed by atoms with van der Waals surface area (Å²) < 4.78 is 1.17. The Morgan fingerprint density at radius 1 is 0.750 bits per heavy atom. The van der Waals surface area contributed by atoms with Crippen molar-refractivity contribution in [1.29, 1.82) is 0 Å². The zero-order valence-electron chi connectivity index (χ0n) is 15.9. The summed E-state index contributed by atoms with van der Waals surface area (Å²) in [5.41, 5.74) is 8.27. The molecule has 0 aromatic heterocycles. The molecule has 0 N–H and O–H groups in total. The van der Waals surface area contributed by atoms with Crippen LogP contribution in [0.1, 0.15) is 84.6 Å². The lowest BCUT2D eigenvalue weighted by atomic mass is 9.84. The van der Waals surface area contributed by atoms with Gasteiger partial charge in [-0.05, 0) is 60.1 Å². The number of hydrogen-bond acceptors (Lipinski definition) is 0. The Labute approximate surface area is 157 Å². The van der Waals surface area contributed by atoms with Crippen LogP contribution in [0, 0.1) is 5.92 Å². The molecule has 1 heteroatoms. The van der Waals surface area contributed by atoms with Gasteiger partial charge in [0.1, 0.15) is 0 Å². The molecule has 1 aliphatic rings. The normalized spacial score (nSPS) is 18.0. The first kappa shape index (κ1) is 19.5. The van der Waals surface area contributed by atoms with Gasteiger partial charge in [-0.1, -0.05) is 87.0 Å². The summed E-state index contributed by atoms with van der Waals surface area (Å²) in [6.07, 6.45) is 10.1. The summed E-state index contributed by atoms with van der Waals surface area (Å²) in [6.45, 7) is 9.31. The smallest absolute Gasteiger partial charge is 0.0175 e. The molecular weight excluding hydrogens is 356 g/mol. The summed E-state index contributed by atoms with van der Waals surface area (Å²) in [4.78, 5) is 0. The average Bonchev–Trinajstić information content (AvgIpc) is 2.84. The lowest BCUT2D eigenvalue weighted by Gasteiger charge is -2.20. The van der Waals surface area contributed by atoms with Crippen molar-refractivity contribution in [3.05, 3.63) is 51.0 Å². The Bertz CT molecular complexity index is 589. The van der Waals surface area contributed by atoms with Gasteiger partial charge in [0.25, 0.3) is 0 Å². The maximum Gasteiger partial charge on any atom is 0.0175 e. The molecule has 2 rings (SSSR count). The van der Waals surface area contributed by atoms with Gasteiger partial charge in [0.05, 0.1) is 0 Å². The van der Waals surface area contributed by atoms with Crippen molar-refractivity contribution < 1.29 is 0 Å². The Morgan fingerprint density at radius 2 is 1.33 bits per heavy atom. The fraction of sp³-hybridized carbons (Fsp3) is 0.565. The molecule has 1 unspecified atom stereocenters. The van der Waals surface area contributed by atoms with Crippen molar-refractivity contribution in [2.24, 2.45) is 5.92 Å². The van der Waals surface area contributed by atoms with Crippen LogP contribution in [0.4, 0.5) is 0 Å². The van der Waals surface area contributed by atoms with Gasteiger partial charge in [0.15, 0.2) is 0 Å². The third-order valence-electron chi connectivity index (χ3n) is 5.10. The predicted octanol–water partition coefficient (Wildman–Crippen LogP) is 8.33. The summed E-state index contributed by atoms with van der Waals surface area (Å²) in [6, 6.07) is 9.03. The number of allylic oxidation sites excluding steroid dienone is 4. The fourth-order valence-electron chi connectivity index (χ4n) is 4.25. The van der Waals surface area contributed by atoms with Crippen LogP contribution in [0.25, 0.3) is 5.57 Å². The van der Waals surface area contributed by atoms with Gasteiger partial charge in [-0.15, -0.1) is 0 Å². The minimum absolute atomic E-state index is 0.652. The van der Waals surface area contributed by atoms with Crippen LogP contribution in [0.5, 0.6) is 0 Å². The Kier molecular flexibility index (Phi) is 7.81. The van der Waals surface area contributed by atoms with E-state index in [9.17, 15) is 0 Å². The standard InChI is InChI=1S/C23H33Br/c1-5-9-19-20(10-6-2)22(12-8-4)23(21(19)11-7-3)17-13-15-18(24)16-14-17/h13-16,21H,5-12H2,1-4H3. The van der Waals surface area contributed by atoms with E-state index >= 15 is 0 Å². The molecule has 132 valence electrons. The number of benzene rings is 1. The summed E-state index contributed by atoms with van der Waals surface area (Å²) in [5, 5.41) is 0. The topological polar surface area (TPSA) is 0 Å². The third-order valence-corrected chi connectivity index (χ3v) is 5.63. The first-order valence-electron chi connectivity index (χ1n) is 9.89. The number of hydrogen-bond donors (Lipinski definition) is 0. The molecule has 1 atom stereocenters. The molecule has 0 fully saturated rings. The molecule has 1 aliphatic carbocycles. The summed E-state index contributed by atoms with van der Waals surface area (Å²) >= 11 is 3.59. The fourth-order valence-corrected chi connectivity index (χ4v) is 4.52. The van der Waals surface area contributed by atoms with Crippen LogP contribution in [-0.2, 0) is 0 Å². The van der Waals surface area contributed by atoms with E-state index in [2.05, 4.69) is 67.9 Å². The van der Waals surface area contributed by atoms with Crippen LogP contribution in [-0.4, -0.2) is 0 Å². The van der Waals surface area contributed by atoms with Crippen LogP contribution in [0.3, 0.4) is 0 Å². The molecule has 0 amide bonds. The van der Waals surface area contributed by atoms with E-state index in [1.807, 2.05) is 0 Å². The van der Waals surface area contributed by atoms with Crippen molar-refractivity contribution in [3.8, 4) is 0 Å². The number of halogens is 1. The minimum atomic E-state index is 0.652. The molecule has 0 heterocycles. The highest BCUT2D eigenvalue weighted by Crippen LogP contribution is 2.49. The van der Waals surface area contributed by atoms with Crippen molar-refractivity contribution in [3.63, 3.8) is 0 Å². The van der Waals surface area contributed by atoms with Gasteiger partial charge in [-0.25, -0.2) is 0 Å². The molecule has 0 saturated heterocycles. The van der Waals surface area contributed by atoms with Crippen LogP contribution in [0.15, 0.2) is 45.5 Å². The second-order valence-electron chi connectivity index (χ2n) is 6.99. The second kappa shape index (κ2) is 9.61. The molecule has 1 aromatic rings. The van der Waals surface area contributed by atoms with Gasteiger partial charge in [0.2, 0.25) is 0 Å². The quantitative estimate of drug-likeness (QED) is 0.398. The molecule has 0 spiro atoms. The summed E-state index contributed by atoms with van der Waals surface area (Å²) in [5.74, 6) is 0.652. The highest BCUT2D eigenvalue weighted by Gasteiger charge is 2.32. The van der Waals surface area contributed by atoms with Crippen LogP contribution < -0.4 is 0 Å². The zero-order valence-corrected chi connectivity index (χ0v) is 17.5. The molecule has 0 aliphatic heterocycles. The molecule has 0 radical (unpaired) electrons. The molecule has 1 aromatic carbocycles. The van der Waals surface area contributed by atoms with E-state index in [0.29, 0.717) is 5.92 Å². The first-order chi connectivity index (χ1) is 11.7. The maximum absolute atomic E-state index is 3.59. The van der Waals surface area contributed by atoms with E-state index in [4.69, 9.17) is 0 Å². The molecule has 0 saturated carbocycles. The third kappa shape index (κ3) is 4.23. The van der Waals surface area contributed by atoms with Gasteiger partial charge in [-0.3, -0.25) is 0 Å². The molecule has 24 heavy (non-hydrogen) atoms. The van der Waals surface area contributed by atoms with E-state index in [0.717, 1.165) is 0 Å². The van der Waals surface area contributed by atoms with Crippen LogP contribution >= 0.6 is 15.9 Å². The Hall–Kier alpha value is -0.820.